The van der Waals surface area contributed by atoms with Gasteiger partial charge in [0.15, 0.2) is 0 Å². The van der Waals surface area contributed by atoms with Crippen LogP contribution < -0.4 is 10.6 Å². The maximum absolute atomic E-state index is 11.5. The van der Waals surface area contributed by atoms with Gasteiger partial charge in [0.1, 0.15) is 6.04 Å². The number of carbonyl (C=O) groups excluding carboxylic acids is 1. The summed E-state index contributed by atoms with van der Waals surface area (Å²) < 4.78 is 0. The van der Waals surface area contributed by atoms with E-state index in [4.69, 9.17) is 15.3 Å². The Bertz CT molecular complexity index is 355. The number of rotatable bonds is 8. The van der Waals surface area contributed by atoms with E-state index in [1.165, 1.54) is 7.05 Å². The molecule has 0 aromatic carbocycles. The SMILES string of the molecule is CNC(CC(=O)O)C(=O)NC(CC(=O)O)C(=O)O. The predicted octanol–water partition coefficient (Wildman–Crippen LogP) is -1.91. The highest BCUT2D eigenvalue weighted by Gasteiger charge is 2.27. The maximum Gasteiger partial charge on any atom is 0.326 e. The highest BCUT2D eigenvalue weighted by Crippen LogP contribution is 1.97. The average molecular weight is 262 g/mol. The molecule has 5 N–H and O–H groups in total. The summed E-state index contributed by atoms with van der Waals surface area (Å²) in [6.45, 7) is 0. The van der Waals surface area contributed by atoms with Crippen molar-refractivity contribution in [2.75, 3.05) is 7.05 Å². The minimum atomic E-state index is -1.60. The molecular formula is C9H14N2O7. The lowest BCUT2D eigenvalue weighted by molar-refractivity contribution is -0.147. The fourth-order valence-corrected chi connectivity index (χ4v) is 1.15. The predicted molar refractivity (Wildman–Crippen MR) is 56.9 cm³/mol. The third kappa shape index (κ3) is 5.80. The van der Waals surface area contributed by atoms with Gasteiger partial charge < -0.3 is 26.0 Å². The molecule has 1 amide bonds. The van der Waals surface area contributed by atoms with Crippen molar-refractivity contribution in [2.45, 2.75) is 24.9 Å². The molecule has 0 saturated heterocycles. The average Bonchev–Trinajstić information content (AvgIpc) is 2.23. The zero-order valence-electron chi connectivity index (χ0n) is 9.54. The molecule has 9 heteroatoms. The van der Waals surface area contributed by atoms with Gasteiger partial charge in [-0.05, 0) is 7.05 Å². The lowest BCUT2D eigenvalue weighted by Gasteiger charge is -2.17. The number of carboxylic acids is 3. The first kappa shape index (κ1) is 15.8. The number of likely N-dealkylation sites (N-methyl/N-ethyl adjacent to an activating group) is 1. The van der Waals surface area contributed by atoms with Gasteiger partial charge in [-0.3, -0.25) is 14.4 Å². The zero-order valence-corrected chi connectivity index (χ0v) is 9.54. The molecule has 0 aromatic rings. The quantitative estimate of drug-likeness (QED) is 0.339. The van der Waals surface area contributed by atoms with Crippen LogP contribution in [0.25, 0.3) is 0 Å². The lowest BCUT2D eigenvalue weighted by Crippen LogP contribution is -2.50. The number of aliphatic carboxylic acids is 3. The molecule has 0 saturated carbocycles. The van der Waals surface area contributed by atoms with E-state index >= 15 is 0 Å². The Kier molecular flexibility index (Phi) is 6.35. The van der Waals surface area contributed by atoms with E-state index in [1.54, 1.807) is 0 Å². The van der Waals surface area contributed by atoms with Crippen LogP contribution in [-0.4, -0.2) is 58.3 Å². The number of hydrogen-bond donors (Lipinski definition) is 5. The van der Waals surface area contributed by atoms with Gasteiger partial charge in [0.2, 0.25) is 5.91 Å². The maximum atomic E-state index is 11.5. The largest absolute Gasteiger partial charge is 0.481 e. The van der Waals surface area contributed by atoms with Crippen molar-refractivity contribution in [3.63, 3.8) is 0 Å². The molecule has 2 unspecified atom stereocenters. The molecule has 0 aliphatic carbocycles. The van der Waals surface area contributed by atoms with Gasteiger partial charge in [0.25, 0.3) is 0 Å². The van der Waals surface area contributed by atoms with Crippen LogP contribution in [0.5, 0.6) is 0 Å². The summed E-state index contributed by atoms with van der Waals surface area (Å²) in [6.07, 6.45) is -1.33. The lowest BCUT2D eigenvalue weighted by atomic mass is 10.1. The summed E-state index contributed by atoms with van der Waals surface area (Å²) in [5.41, 5.74) is 0. The number of nitrogens with one attached hydrogen (secondary N) is 2. The molecule has 0 aliphatic rings. The van der Waals surface area contributed by atoms with E-state index in [9.17, 15) is 19.2 Å². The third-order valence-corrected chi connectivity index (χ3v) is 2.04. The summed E-state index contributed by atoms with van der Waals surface area (Å²) in [5.74, 6) is -5.01. The molecule has 18 heavy (non-hydrogen) atoms. The number of carbonyl (C=O) groups is 4. The molecule has 0 aromatic heterocycles. The summed E-state index contributed by atoms with van der Waals surface area (Å²) in [7, 11) is 1.33. The van der Waals surface area contributed by atoms with Gasteiger partial charge in [-0.1, -0.05) is 0 Å². The number of carboxylic acid groups (broad SMARTS) is 3. The standard InChI is InChI=1S/C9H14N2O7/c1-10-4(2-6(12)13)8(16)11-5(9(17)18)3-7(14)15/h4-5,10H,2-3H2,1H3,(H,11,16)(H,12,13)(H,14,15)(H,17,18). The zero-order chi connectivity index (χ0) is 14.3. The Labute approximate surface area is 102 Å². The van der Waals surface area contributed by atoms with E-state index in [0.29, 0.717) is 0 Å². The molecular weight excluding hydrogens is 248 g/mol. The van der Waals surface area contributed by atoms with Crippen LogP contribution in [0.2, 0.25) is 0 Å². The first-order chi connectivity index (χ1) is 8.27. The van der Waals surface area contributed by atoms with Crippen LogP contribution in [0.3, 0.4) is 0 Å². The van der Waals surface area contributed by atoms with E-state index < -0.39 is 48.7 Å². The summed E-state index contributed by atoms with van der Waals surface area (Å²) in [6, 6.07) is -2.72. The molecule has 0 aliphatic heterocycles. The molecule has 0 spiro atoms. The Morgan fingerprint density at radius 3 is 1.72 bits per heavy atom. The van der Waals surface area contributed by atoms with Crippen LogP contribution in [0, 0.1) is 0 Å². The molecule has 2 atom stereocenters. The molecule has 0 rings (SSSR count). The van der Waals surface area contributed by atoms with Crippen molar-refractivity contribution in [1.82, 2.24) is 10.6 Å². The molecule has 0 bridgehead atoms. The van der Waals surface area contributed by atoms with Crippen LogP contribution in [0.1, 0.15) is 12.8 Å². The topological polar surface area (TPSA) is 153 Å². The molecule has 102 valence electrons. The van der Waals surface area contributed by atoms with Crippen LogP contribution in [0.4, 0.5) is 0 Å². The van der Waals surface area contributed by atoms with Crippen LogP contribution >= 0.6 is 0 Å². The van der Waals surface area contributed by atoms with Crippen molar-refractivity contribution < 1.29 is 34.5 Å². The first-order valence-electron chi connectivity index (χ1n) is 4.92. The molecule has 0 fully saturated rings. The molecule has 0 radical (unpaired) electrons. The third-order valence-electron chi connectivity index (χ3n) is 2.04. The normalized spacial score (nSPS) is 13.4. The monoisotopic (exact) mass is 262 g/mol. The second-order valence-electron chi connectivity index (χ2n) is 3.44. The Morgan fingerprint density at radius 1 is 0.944 bits per heavy atom. The smallest absolute Gasteiger partial charge is 0.326 e. The van der Waals surface area contributed by atoms with Gasteiger partial charge in [0, 0.05) is 0 Å². The fourth-order valence-electron chi connectivity index (χ4n) is 1.15. The Morgan fingerprint density at radius 2 is 1.39 bits per heavy atom. The van der Waals surface area contributed by atoms with Crippen molar-refractivity contribution >= 4 is 23.8 Å². The van der Waals surface area contributed by atoms with Crippen LogP contribution in [-0.2, 0) is 19.2 Å². The minimum Gasteiger partial charge on any atom is -0.481 e. The van der Waals surface area contributed by atoms with E-state index in [2.05, 4.69) is 5.32 Å². The molecule has 9 nitrogen and oxygen atoms in total. The highest BCUT2D eigenvalue weighted by molar-refractivity contribution is 5.91. The van der Waals surface area contributed by atoms with Crippen molar-refractivity contribution in [1.29, 1.82) is 0 Å². The van der Waals surface area contributed by atoms with Crippen molar-refractivity contribution in [2.24, 2.45) is 0 Å². The fraction of sp³-hybridized carbons (Fsp3) is 0.556. The van der Waals surface area contributed by atoms with Crippen LogP contribution in [0.15, 0.2) is 0 Å². The summed E-state index contributed by atoms with van der Waals surface area (Å²) in [4.78, 5) is 43.0. The van der Waals surface area contributed by atoms with Gasteiger partial charge in [-0.2, -0.15) is 0 Å². The number of amides is 1. The van der Waals surface area contributed by atoms with E-state index in [-0.39, 0.29) is 0 Å². The summed E-state index contributed by atoms with van der Waals surface area (Å²) in [5, 5.41) is 30.0. The van der Waals surface area contributed by atoms with Gasteiger partial charge >= 0.3 is 17.9 Å². The van der Waals surface area contributed by atoms with E-state index in [0.717, 1.165) is 0 Å². The van der Waals surface area contributed by atoms with Gasteiger partial charge in [-0.25, -0.2) is 4.79 Å². The van der Waals surface area contributed by atoms with E-state index in [1.807, 2.05) is 5.32 Å². The second-order valence-corrected chi connectivity index (χ2v) is 3.44. The Balaban J connectivity index is 4.60. The summed E-state index contributed by atoms with van der Waals surface area (Å²) >= 11 is 0. The van der Waals surface area contributed by atoms with Crippen molar-refractivity contribution in [3.8, 4) is 0 Å². The first-order valence-corrected chi connectivity index (χ1v) is 4.92. The van der Waals surface area contributed by atoms with Gasteiger partial charge in [-0.15, -0.1) is 0 Å². The van der Waals surface area contributed by atoms with Gasteiger partial charge in [0.05, 0.1) is 18.9 Å². The highest BCUT2D eigenvalue weighted by atomic mass is 16.4. The minimum absolute atomic E-state index is 0.540. The second kappa shape index (κ2) is 7.22. The molecule has 0 heterocycles. The Hall–Kier alpha value is -2.16. The number of hydrogen-bond acceptors (Lipinski definition) is 5. The van der Waals surface area contributed by atoms with Crippen molar-refractivity contribution in [3.05, 3.63) is 0 Å².